The number of rotatable bonds is 5. The van der Waals surface area contributed by atoms with Gasteiger partial charge in [-0.3, -0.25) is 0 Å². The Hall–Kier alpha value is -1.42. The third-order valence-electron chi connectivity index (χ3n) is 3.18. The minimum Gasteiger partial charge on any atom is -0.495 e. The predicted octanol–water partition coefficient (Wildman–Crippen LogP) is 4.47. The third-order valence-corrected chi connectivity index (χ3v) is 3.73. The number of methoxy groups -OCH3 is 1. The molecule has 0 saturated carbocycles. The maximum atomic E-state index is 6.24. The molecule has 0 aromatic heterocycles. The van der Waals surface area contributed by atoms with Crippen molar-refractivity contribution in [3.05, 3.63) is 58.1 Å². The van der Waals surface area contributed by atoms with Crippen LogP contribution in [0.25, 0.3) is 0 Å². The Morgan fingerprint density at radius 2 is 1.86 bits per heavy atom. The molecule has 2 aromatic carbocycles. The van der Waals surface area contributed by atoms with Crippen molar-refractivity contribution in [2.45, 2.75) is 19.1 Å². The van der Waals surface area contributed by atoms with Gasteiger partial charge in [-0.25, -0.2) is 0 Å². The first-order valence-corrected chi connectivity index (χ1v) is 7.28. The van der Waals surface area contributed by atoms with Crippen LogP contribution in [-0.2, 0) is 0 Å². The fourth-order valence-electron chi connectivity index (χ4n) is 1.98. The van der Waals surface area contributed by atoms with Crippen LogP contribution in [0.15, 0.2) is 42.5 Å². The van der Waals surface area contributed by atoms with Crippen molar-refractivity contribution in [1.29, 1.82) is 0 Å². The van der Waals surface area contributed by atoms with Crippen LogP contribution in [0.1, 0.15) is 18.5 Å². The highest BCUT2D eigenvalue weighted by Gasteiger charge is 2.18. The first-order valence-electron chi connectivity index (χ1n) is 6.52. The summed E-state index contributed by atoms with van der Waals surface area (Å²) in [7, 11) is 1.57. The maximum Gasteiger partial charge on any atom is 0.137 e. The first-order chi connectivity index (χ1) is 10.0. The third kappa shape index (κ3) is 4.03. The summed E-state index contributed by atoms with van der Waals surface area (Å²) in [6.07, 6.45) is -0.227. The SMILES string of the molecule is COc1cc(C(N)C(C)Oc2cccc(Cl)c2)ccc1Cl. The van der Waals surface area contributed by atoms with Crippen LogP contribution in [0.4, 0.5) is 0 Å². The Kier molecular flexibility index (Phi) is 5.34. The fraction of sp³-hybridized carbons (Fsp3) is 0.250. The Morgan fingerprint density at radius 1 is 1.10 bits per heavy atom. The highest BCUT2D eigenvalue weighted by molar-refractivity contribution is 6.32. The van der Waals surface area contributed by atoms with Crippen molar-refractivity contribution < 1.29 is 9.47 Å². The number of hydrogen-bond donors (Lipinski definition) is 1. The second-order valence-corrected chi connectivity index (χ2v) is 5.54. The van der Waals surface area contributed by atoms with E-state index < -0.39 is 0 Å². The van der Waals surface area contributed by atoms with E-state index in [1.165, 1.54) is 0 Å². The number of nitrogens with two attached hydrogens (primary N) is 1. The number of halogens is 2. The fourth-order valence-corrected chi connectivity index (χ4v) is 2.36. The van der Waals surface area contributed by atoms with E-state index in [-0.39, 0.29) is 12.1 Å². The maximum absolute atomic E-state index is 6.24. The monoisotopic (exact) mass is 325 g/mol. The molecule has 0 aliphatic rings. The van der Waals surface area contributed by atoms with E-state index in [0.29, 0.717) is 21.5 Å². The van der Waals surface area contributed by atoms with Gasteiger partial charge in [0.05, 0.1) is 18.2 Å². The van der Waals surface area contributed by atoms with Crippen molar-refractivity contribution in [3.63, 3.8) is 0 Å². The molecule has 21 heavy (non-hydrogen) atoms. The van der Waals surface area contributed by atoms with E-state index >= 15 is 0 Å². The number of benzene rings is 2. The molecule has 0 heterocycles. The van der Waals surface area contributed by atoms with Gasteiger partial charge < -0.3 is 15.2 Å². The van der Waals surface area contributed by atoms with Gasteiger partial charge in [-0.2, -0.15) is 0 Å². The predicted molar refractivity (Wildman–Crippen MR) is 86.5 cm³/mol. The second-order valence-electron chi connectivity index (χ2n) is 4.70. The average molecular weight is 326 g/mol. The van der Waals surface area contributed by atoms with Gasteiger partial charge in [0.25, 0.3) is 0 Å². The quantitative estimate of drug-likeness (QED) is 0.882. The van der Waals surface area contributed by atoms with E-state index in [1.807, 2.05) is 31.2 Å². The summed E-state index contributed by atoms with van der Waals surface area (Å²) in [6.45, 7) is 1.91. The van der Waals surface area contributed by atoms with Crippen molar-refractivity contribution >= 4 is 23.2 Å². The first kappa shape index (κ1) is 16.0. The molecule has 0 bridgehead atoms. The molecule has 2 atom stereocenters. The zero-order chi connectivity index (χ0) is 15.4. The molecular weight excluding hydrogens is 309 g/mol. The Morgan fingerprint density at radius 3 is 2.52 bits per heavy atom. The molecule has 0 saturated heterocycles. The largest absolute Gasteiger partial charge is 0.495 e. The highest BCUT2D eigenvalue weighted by atomic mass is 35.5. The molecule has 112 valence electrons. The summed E-state index contributed by atoms with van der Waals surface area (Å²) in [5.41, 5.74) is 7.14. The van der Waals surface area contributed by atoms with Gasteiger partial charge in [0.1, 0.15) is 17.6 Å². The lowest BCUT2D eigenvalue weighted by Crippen LogP contribution is -2.28. The van der Waals surface area contributed by atoms with Gasteiger partial charge in [0.2, 0.25) is 0 Å². The molecule has 2 unspecified atom stereocenters. The molecular formula is C16H17Cl2NO2. The van der Waals surface area contributed by atoms with Crippen LogP contribution in [0, 0.1) is 0 Å². The summed E-state index contributed by atoms with van der Waals surface area (Å²) in [5.74, 6) is 1.28. The smallest absolute Gasteiger partial charge is 0.137 e. The lowest BCUT2D eigenvalue weighted by atomic mass is 10.0. The van der Waals surface area contributed by atoms with Crippen LogP contribution in [-0.4, -0.2) is 13.2 Å². The van der Waals surface area contributed by atoms with Crippen molar-refractivity contribution in [2.75, 3.05) is 7.11 Å². The van der Waals surface area contributed by atoms with Gasteiger partial charge in [-0.05, 0) is 42.8 Å². The van der Waals surface area contributed by atoms with Crippen LogP contribution in [0.2, 0.25) is 10.0 Å². The number of ether oxygens (including phenoxy) is 2. The Balaban J connectivity index is 2.13. The summed E-state index contributed by atoms with van der Waals surface area (Å²) in [6, 6.07) is 12.4. The van der Waals surface area contributed by atoms with Gasteiger partial charge in [-0.1, -0.05) is 35.3 Å². The zero-order valence-electron chi connectivity index (χ0n) is 11.8. The lowest BCUT2D eigenvalue weighted by Gasteiger charge is -2.22. The topological polar surface area (TPSA) is 44.5 Å². The van der Waals surface area contributed by atoms with Crippen molar-refractivity contribution in [2.24, 2.45) is 5.73 Å². The standard InChI is InChI=1S/C16H17Cl2NO2/c1-10(21-13-5-3-4-12(17)9-13)16(19)11-6-7-14(18)15(8-11)20-2/h3-10,16H,19H2,1-2H3. The van der Waals surface area contributed by atoms with E-state index in [4.69, 9.17) is 38.4 Å². The van der Waals surface area contributed by atoms with Gasteiger partial charge in [0.15, 0.2) is 0 Å². The van der Waals surface area contributed by atoms with Gasteiger partial charge in [-0.15, -0.1) is 0 Å². The molecule has 2 aromatic rings. The lowest BCUT2D eigenvalue weighted by molar-refractivity contribution is 0.190. The zero-order valence-corrected chi connectivity index (χ0v) is 13.4. The molecule has 0 aliphatic heterocycles. The minimum atomic E-state index is -0.310. The van der Waals surface area contributed by atoms with E-state index in [9.17, 15) is 0 Å². The van der Waals surface area contributed by atoms with Crippen LogP contribution in [0.3, 0.4) is 0 Å². The van der Waals surface area contributed by atoms with E-state index in [2.05, 4.69) is 0 Å². The van der Waals surface area contributed by atoms with Gasteiger partial charge >= 0.3 is 0 Å². The summed E-state index contributed by atoms with van der Waals surface area (Å²) < 4.78 is 11.0. The Labute approximate surface area is 134 Å². The Bertz CT molecular complexity index is 619. The van der Waals surface area contributed by atoms with Crippen molar-refractivity contribution in [3.8, 4) is 11.5 Å². The van der Waals surface area contributed by atoms with Crippen molar-refractivity contribution in [1.82, 2.24) is 0 Å². The summed E-state index contributed by atoms with van der Waals surface area (Å²) >= 11 is 12.0. The molecule has 0 fully saturated rings. The minimum absolute atomic E-state index is 0.227. The molecule has 2 N–H and O–H groups in total. The van der Waals surface area contributed by atoms with E-state index in [0.717, 1.165) is 5.56 Å². The van der Waals surface area contributed by atoms with Crippen LogP contribution < -0.4 is 15.2 Å². The number of hydrogen-bond acceptors (Lipinski definition) is 3. The normalized spacial score (nSPS) is 13.6. The van der Waals surface area contributed by atoms with Crippen LogP contribution >= 0.6 is 23.2 Å². The summed E-state index contributed by atoms with van der Waals surface area (Å²) in [4.78, 5) is 0. The molecule has 2 rings (SSSR count). The molecule has 3 nitrogen and oxygen atoms in total. The molecule has 0 radical (unpaired) electrons. The highest BCUT2D eigenvalue weighted by Crippen LogP contribution is 2.29. The average Bonchev–Trinajstić information content (AvgIpc) is 2.47. The second kappa shape index (κ2) is 7.03. The molecule has 0 amide bonds. The van der Waals surface area contributed by atoms with E-state index in [1.54, 1.807) is 25.3 Å². The van der Waals surface area contributed by atoms with Crippen LogP contribution in [0.5, 0.6) is 11.5 Å². The molecule has 5 heteroatoms. The van der Waals surface area contributed by atoms with Gasteiger partial charge in [0, 0.05) is 5.02 Å². The molecule has 0 aliphatic carbocycles. The summed E-state index contributed by atoms with van der Waals surface area (Å²) in [5, 5.41) is 1.18. The molecule has 0 spiro atoms.